The summed E-state index contributed by atoms with van der Waals surface area (Å²) in [6, 6.07) is 4.98. The summed E-state index contributed by atoms with van der Waals surface area (Å²) in [7, 11) is 3.38. The van der Waals surface area contributed by atoms with Gasteiger partial charge in [0.05, 0.1) is 18.4 Å². The predicted octanol–water partition coefficient (Wildman–Crippen LogP) is 1.50. The lowest BCUT2D eigenvalue weighted by molar-refractivity contribution is 0.0948. The van der Waals surface area contributed by atoms with Gasteiger partial charge in [0.15, 0.2) is 0 Å². The monoisotopic (exact) mass is 288 g/mol. The minimum absolute atomic E-state index is 0.197. The topological polar surface area (TPSA) is 82.2 Å². The Morgan fingerprint density at radius 3 is 2.90 bits per heavy atom. The van der Waals surface area contributed by atoms with E-state index < -0.39 is 0 Å². The van der Waals surface area contributed by atoms with Crippen molar-refractivity contribution in [3.05, 3.63) is 41.2 Å². The lowest BCUT2D eigenvalue weighted by Crippen LogP contribution is -2.23. The number of anilines is 1. The molecule has 1 amide bonds. The number of nitrogens with zero attached hydrogens (tertiary/aromatic N) is 2. The number of hydrogen-bond acceptors (Lipinski definition) is 4. The molecule has 2 rings (SSSR count). The third-order valence-electron chi connectivity index (χ3n) is 3.24. The van der Waals surface area contributed by atoms with E-state index in [-0.39, 0.29) is 5.91 Å². The Kier molecular flexibility index (Phi) is 4.47. The molecule has 0 unspecified atom stereocenters. The van der Waals surface area contributed by atoms with Crippen LogP contribution in [0.5, 0.6) is 5.75 Å². The molecule has 6 heteroatoms. The Balaban J connectivity index is 2.11. The van der Waals surface area contributed by atoms with Crippen molar-refractivity contribution in [2.45, 2.75) is 19.9 Å². The molecule has 0 radical (unpaired) electrons. The van der Waals surface area contributed by atoms with Crippen LogP contribution >= 0.6 is 0 Å². The van der Waals surface area contributed by atoms with E-state index in [0.29, 0.717) is 23.5 Å². The molecule has 0 saturated heterocycles. The second-order valence-electron chi connectivity index (χ2n) is 4.77. The molecular weight excluding hydrogens is 268 g/mol. The van der Waals surface area contributed by atoms with Crippen molar-refractivity contribution in [2.75, 3.05) is 12.8 Å². The maximum Gasteiger partial charge on any atom is 0.255 e. The fourth-order valence-corrected chi connectivity index (χ4v) is 2.20. The third kappa shape index (κ3) is 3.34. The van der Waals surface area contributed by atoms with Crippen LogP contribution in [0.2, 0.25) is 0 Å². The summed E-state index contributed by atoms with van der Waals surface area (Å²) in [6.07, 6.45) is 2.75. The summed E-state index contributed by atoms with van der Waals surface area (Å²) in [5.41, 5.74) is 8.72. The average Bonchev–Trinajstić information content (AvgIpc) is 2.84. The maximum absolute atomic E-state index is 12.3. The van der Waals surface area contributed by atoms with Crippen LogP contribution in [0, 0.1) is 0 Å². The van der Waals surface area contributed by atoms with Gasteiger partial charge in [-0.1, -0.05) is 6.92 Å². The highest BCUT2D eigenvalue weighted by atomic mass is 16.5. The summed E-state index contributed by atoms with van der Waals surface area (Å²) in [5.74, 6) is 0.271. The van der Waals surface area contributed by atoms with Gasteiger partial charge in [-0.2, -0.15) is 5.10 Å². The number of aromatic nitrogens is 2. The van der Waals surface area contributed by atoms with E-state index in [1.807, 2.05) is 20.2 Å². The largest absolute Gasteiger partial charge is 0.496 e. The molecule has 112 valence electrons. The Hall–Kier alpha value is -2.50. The quantitative estimate of drug-likeness (QED) is 0.817. The zero-order valence-corrected chi connectivity index (χ0v) is 12.5. The number of methoxy groups -OCH3 is 1. The Labute approximate surface area is 123 Å². The highest BCUT2D eigenvalue weighted by molar-refractivity contribution is 5.97. The Morgan fingerprint density at radius 1 is 1.48 bits per heavy atom. The number of hydrogen-bond donors (Lipinski definition) is 2. The molecular formula is C15H20N4O2. The molecule has 1 heterocycles. The molecule has 0 aliphatic carbocycles. The van der Waals surface area contributed by atoms with Crippen molar-refractivity contribution in [1.29, 1.82) is 0 Å². The highest BCUT2D eigenvalue weighted by Gasteiger charge is 2.13. The minimum Gasteiger partial charge on any atom is -0.496 e. The number of nitrogens with one attached hydrogen (secondary N) is 1. The Morgan fingerprint density at radius 2 is 2.24 bits per heavy atom. The number of carbonyl (C=O) groups is 1. The number of amides is 1. The van der Waals surface area contributed by atoms with Crippen molar-refractivity contribution >= 4 is 11.6 Å². The van der Waals surface area contributed by atoms with Gasteiger partial charge in [0, 0.05) is 37.1 Å². The van der Waals surface area contributed by atoms with E-state index in [1.165, 1.54) is 7.11 Å². The fourth-order valence-electron chi connectivity index (χ4n) is 2.20. The normalized spacial score (nSPS) is 10.4. The zero-order chi connectivity index (χ0) is 15.4. The van der Waals surface area contributed by atoms with E-state index in [4.69, 9.17) is 10.5 Å². The fraction of sp³-hybridized carbons (Fsp3) is 0.333. The summed E-state index contributed by atoms with van der Waals surface area (Å²) in [6.45, 7) is 2.47. The van der Waals surface area contributed by atoms with Crippen LogP contribution in [-0.2, 0) is 20.0 Å². The standard InChI is InChI=1S/C15H20N4O2/c1-4-13-10(9-19(2)18-13)8-17-15(20)12-6-5-11(16)7-14(12)21-3/h5-7,9H,4,8,16H2,1-3H3,(H,17,20). The summed E-state index contributed by atoms with van der Waals surface area (Å²) >= 11 is 0. The molecule has 0 spiro atoms. The lowest BCUT2D eigenvalue weighted by atomic mass is 10.1. The van der Waals surface area contributed by atoms with E-state index >= 15 is 0 Å². The summed E-state index contributed by atoms with van der Waals surface area (Å²) in [5, 5.41) is 7.23. The van der Waals surface area contributed by atoms with Crippen LogP contribution in [0.3, 0.4) is 0 Å². The number of aryl methyl sites for hydroxylation is 2. The summed E-state index contributed by atoms with van der Waals surface area (Å²) < 4.78 is 6.95. The van der Waals surface area contributed by atoms with Crippen LogP contribution < -0.4 is 15.8 Å². The van der Waals surface area contributed by atoms with Gasteiger partial charge >= 0.3 is 0 Å². The molecule has 0 saturated carbocycles. The first kappa shape index (κ1) is 14.9. The van der Waals surface area contributed by atoms with Crippen molar-refractivity contribution in [1.82, 2.24) is 15.1 Å². The zero-order valence-electron chi connectivity index (χ0n) is 12.5. The molecule has 0 fully saturated rings. The molecule has 1 aromatic carbocycles. The van der Waals surface area contributed by atoms with E-state index in [0.717, 1.165) is 17.7 Å². The number of nitrogen functional groups attached to an aromatic ring is 1. The van der Waals surface area contributed by atoms with Crippen molar-refractivity contribution < 1.29 is 9.53 Å². The van der Waals surface area contributed by atoms with E-state index in [2.05, 4.69) is 10.4 Å². The minimum atomic E-state index is -0.197. The molecule has 6 nitrogen and oxygen atoms in total. The lowest BCUT2D eigenvalue weighted by Gasteiger charge is -2.10. The number of carbonyl (C=O) groups excluding carboxylic acids is 1. The maximum atomic E-state index is 12.3. The first-order chi connectivity index (χ1) is 10.0. The van der Waals surface area contributed by atoms with Crippen LogP contribution in [0.15, 0.2) is 24.4 Å². The first-order valence-corrected chi connectivity index (χ1v) is 6.78. The predicted molar refractivity (Wildman–Crippen MR) is 81.2 cm³/mol. The number of nitrogens with two attached hydrogens (primary N) is 1. The highest BCUT2D eigenvalue weighted by Crippen LogP contribution is 2.21. The van der Waals surface area contributed by atoms with Gasteiger partial charge in [-0.05, 0) is 18.6 Å². The molecule has 0 aliphatic heterocycles. The summed E-state index contributed by atoms with van der Waals surface area (Å²) in [4.78, 5) is 12.3. The SMILES string of the molecule is CCc1nn(C)cc1CNC(=O)c1ccc(N)cc1OC. The van der Waals surface area contributed by atoms with Gasteiger partial charge in [-0.25, -0.2) is 0 Å². The smallest absolute Gasteiger partial charge is 0.255 e. The van der Waals surface area contributed by atoms with E-state index in [1.54, 1.807) is 22.9 Å². The van der Waals surface area contributed by atoms with Crippen LogP contribution in [-0.4, -0.2) is 22.8 Å². The molecule has 0 atom stereocenters. The van der Waals surface area contributed by atoms with Crippen LogP contribution in [0.1, 0.15) is 28.5 Å². The Bertz CT molecular complexity index is 649. The van der Waals surface area contributed by atoms with Crippen LogP contribution in [0.25, 0.3) is 0 Å². The molecule has 2 aromatic rings. The second kappa shape index (κ2) is 6.30. The van der Waals surface area contributed by atoms with E-state index in [9.17, 15) is 4.79 Å². The first-order valence-electron chi connectivity index (χ1n) is 6.78. The van der Waals surface area contributed by atoms with Crippen molar-refractivity contribution in [3.8, 4) is 5.75 Å². The number of benzene rings is 1. The van der Waals surface area contributed by atoms with Gasteiger partial charge in [-0.3, -0.25) is 9.48 Å². The third-order valence-corrected chi connectivity index (χ3v) is 3.24. The van der Waals surface area contributed by atoms with Gasteiger partial charge in [0.2, 0.25) is 0 Å². The average molecular weight is 288 g/mol. The number of ether oxygens (including phenoxy) is 1. The molecule has 0 bridgehead atoms. The second-order valence-corrected chi connectivity index (χ2v) is 4.77. The molecule has 1 aromatic heterocycles. The van der Waals surface area contributed by atoms with Crippen LogP contribution in [0.4, 0.5) is 5.69 Å². The van der Waals surface area contributed by atoms with Gasteiger partial charge in [0.1, 0.15) is 5.75 Å². The van der Waals surface area contributed by atoms with Gasteiger partial charge in [-0.15, -0.1) is 0 Å². The molecule has 21 heavy (non-hydrogen) atoms. The number of rotatable bonds is 5. The molecule has 0 aliphatic rings. The van der Waals surface area contributed by atoms with Gasteiger partial charge in [0.25, 0.3) is 5.91 Å². The van der Waals surface area contributed by atoms with Crippen molar-refractivity contribution in [2.24, 2.45) is 7.05 Å². The van der Waals surface area contributed by atoms with Crippen molar-refractivity contribution in [3.63, 3.8) is 0 Å². The molecule has 3 N–H and O–H groups in total. The van der Waals surface area contributed by atoms with Gasteiger partial charge < -0.3 is 15.8 Å².